The molecule has 0 saturated carbocycles. The molecule has 0 spiro atoms. The smallest absolute Gasteiger partial charge is 0.322 e. The first kappa shape index (κ1) is 19.8. The Morgan fingerprint density at radius 3 is 2.40 bits per heavy atom. The number of imide groups is 1. The molecule has 156 valence electrons. The Kier molecular flexibility index (Phi) is 4.46. The predicted molar refractivity (Wildman–Crippen MR) is 108 cm³/mol. The number of hydrogen-bond acceptors (Lipinski definition) is 6. The maximum Gasteiger partial charge on any atom is 0.322 e. The molecule has 10 heteroatoms. The van der Waals surface area contributed by atoms with Crippen LogP contribution in [-0.4, -0.2) is 43.4 Å². The van der Waals surface area contributed by atoms with E-state index >= 15 is 0 Å². The quantitative estimate of drug-likeness (QED) is 0.528. The zero-order valence-corrected chi connectivity index (χ0v) is 17.0. The van der Waals surface area contributed by atoms with Crippen molar-refractivity contribution in [1.29, 1.82) is 0 Å². The van der Waals surface area contributed by atoms with Gasteiger partial charge in [-0.15, -0.1) is 0 Å². The van der Waals surface area contributed by atoms with Crippen LogP contribution in [0.25, 0.3) is 10.8 Å². The summed E-state index contributed by atoms with van der Waals surface area (Å²) >= 11 is 0. The van der Waals surface area contributed by atoms with Gasteiger partial charge in [0.1, 0.15) is 5.75 Å². The van der Waals surface area contributed by atoms with E-state index in [0.717, 1.165) is 11.6 Å². The number of benzene rings is 2. The summed E-state index contributed by atoms with van der Waals surface area (Å²) in [6, 6.07) is 10.2. The molecule has 1 atom stereocenters. The molecule has 0 aliphatic carbocycles. The zero-order chi connectivity index (χ0) is 21.7. The van der Waals surface area contributed by atoms with Gasteiger partial charge >= 0.3 is 6.03 Å². The molecule has 2 aromatic carbocycles. The topological polar surface area (TPSA) is 127 Å². The van der Waals surface area contributed by atoms with Gasteiger partial charge in [-0.3, -0.25) is 10.1 Å². The third-order valence-electron chi connectivity index (χ3n) is 5.19. The molecular weight excluding hydrogens is 410 g/mol. The van der Waals surface area contributed by atoms with Gasteiger partial charge < -0.3 is 19.7 Å². The Balaban J connectivity index is 1.81. The molecule has 1 saturated heterocycles. The van der Waals surface area contributed by atoms with Crippen LogP contribution in [-0.2, 0) is 26.7 Å². The second-order valence-corrected chi connectivity index (χ2v) is 9.16. The normalized spacial score (nSPS) is 19.0. The molecule has 0 bridgehead atoms. The number of nitrogens with zero attached hydrogens (tertiary/aromatic N) is 1. The third kappa shape index (κ3) is 3.14. The van der Waals surface area contributed by atoms with Crippen LogP contribution in [0.4, 0.5) is 4.79 Å². The van der Waals surface area contributed by atoms with Crippen molar-refractivity contribution in [1.82, 2.24) is 15.2 Å². The van der Waals surface area contributed by atoms with E-state index in [4.69, 9.17) is 4.74 Å². The maximum atomic E-state index is 12.8. The second kappa shape index (κ2) is 6.77. The summed E-state index contributed by atoms with van der Waals surface area (Å²) in [5.41, 5.74) is -1.14. The minimum absolute atomic E-state index is 0.0905. The lowest BCUT2D eigenvalue weighted by atomic mass is 9.89. The summed E-state index contributed by atoms with van der Waals surface area (Å²) in [6.07, 6.45) is 2.74. The van der Waals surface area contributed by atoms with E-state index < -0.39 is 27.3 Å². The van der Waals surface area contributed by atoms with Crippen molar-refractivity contribution in [2.45, 2.75) is 17.0 Å². The van der Waals surface area contributed by atoms with Gasteiger partial charge in [0, 0.05) is 23.2 Å². The molecular formula is C20H19N3O6S. The van der Waals surface area contributed by atoms with Gasteiger partial charge in [0.15, 0.2) is 21.3 Å². The average molecular weight is 429 g/mol. The van der Waals surface area contributed by atoms with Crippen LogP contribution in [0.5, 0.6) is 11.6 Å². The fraction of sp³-hybridized carbons (Fsp3) is 0.200. The monoisotopic (exact) mass is 429 g/mol. The molecule has 1 fully saturated rings. The van der Waals surface area contributed by atoms with Gasteiger partial charge in [-0.05, 0) is 35.9 Å². The fourth-order valence-electron chi connectivity index (χ4n) is 3.61. The molecule has 3 amide bonds. The van der Waals surface area contributed by atoms with Crippen molar-refractivity contribution >= 4 is 32.5 Å². The number of carbonyl (C=O) groups excluding carboxylic acids is 2. The highest BCUT2D eigenvalue weighted by atomic mass is 32.2. The van der Waals surface area contributed by atoms with E-state index in [-0.39, 0.29) is 17.3 Å². The van der Waals surface area contributed by atoms with Gasteiger partial charge in [0.2, 0.25) is 0 Å². The number of ether oxygens (including phenoxy) is 1. The Bertz CT molecular complexity index is 1280. The summed E-state index contributed by atoms with van der Waals surface area (Å²) in [7, 11) is -1.91. The lowest BCUT2D eigenvalue weighted by molar-refractivity contribution is -0.124. The Morgan fingerprint density at radius 1 is 1.13 bits per heavy atom. The molecule has 3 aromatic rings. The predicted octanol–water partition coefficient (Wildman–Crippen LogP) is 1.49. The minimum Gasteiger partial charge on any atom is -0.497 e. The number of aromatic hydroxyl groups is 1. The number of carbonyl (C=O) groups is 2. The van der Waals surface area contributed by atoms with E-state index in [1.807, 2.05) is 0 Å². The van der Waals surface area contributed by atoms with E-state index in [1.54, 1.807) is 24.4 Å². The number of sulfone groups is 1. The first-order valence-electron chi connectivity index (χ1n) is 8.94. The zero-order valence-electron chi connectivity index (χ0n) is 16.2. The first-order chi connectivity index (χ1) is 14.1. The molecule has 0 unspecified atom stereocenters. The third-order valence-corrected chi connectivity index (χ3v) is 6.32. The van der Waals surface area contributed by atoms with Crippen LogP contribution in [0.1, 0.15) is 5.56 Å². The fourth-order valence-corrected chi connectivity index (χ4v) is 4.24. The SMILES string of the molecule is COc1ccc2cn(C[C@@]3(c4ccc(S(C)(=O)=O)cc4)NC(=O)NC3=O)c(O)c2c1. The summed E-state index contributed by atoms with van der Waals surface area (Å²) < 4.78 is 30.2. The molecule has 9 nitrogen and oxygen atoms in total. The molecule has 1 aliphatic heterocycles. The number of urea groups is 1. The van der Waals surface area contributed by atoms with Crippen molar-refractivity contribution < 1.29 is 27.9 Å². The van der Waals surface area contributed by atoms with Crippen LogP contribution in [0.15, 0.2) is 53.6 Å². The number of rotatable bonds is 5. The second-order valence-electron chi connectivity index (χ2n) is 7.14. The van der Waals surface area contributed by atoms with Crippen LogP contribution in [0.3, 0.4) is 0 Å². The van der Waals surface area contributed by atoms with Gasteiger partial charge in [-0.1, -0.05) is 12.1 Å². The van der Waals surface area contributed by atoms with Crippen LogP contribution >= 0.6 is 0 Å². The number of amides is 3. The highest BCUT2D eigenvalue weighted by molar-refractivity contribution is 7.90. The average Bonchev–Trinajstić information content (AvgIpc) is 3.17. The summed E-state index contributed by atoms with van der Waals surface area (Å²) in [5.74, 6) is -0.132. The van der Waals surface area contributed by atoms with Crippen molar-refractivity contribution in [2.75, 3.05) is 13.4 Å². The molecule has 4 rings (SSSR count). The van der Waals surface area contributed by atoms with Gasteiger partial charge in [-0.25, -0.2) is 13.2 Å². The number of hydrogen-bond donors (Lipinski definition) is 3. The highest BCUT2D eigenvalue weighted by Gasteiger charge is 2.48. The Labute approximate surface area is 172 Å². The Morgan fingerprint density at radius 2 is 1.83 bits per heavy atom. The summed E-state index contributed by atoms with van der Waals surface area (Å²) in [6.45, 7) is -0.106. The van der Waals surface area contributed by atoms with E-state index in [0.29, 0.717) is 16.7 Å². The Hall–Kier alpha value is -3.53. The van der Waals surface area contributed by atoms with E-state index in [9.17, 15) is 23.1 Å². The van der Waals surface area contributed by atoms with E-state index in [1.165, 1.54) is 35.9 Å². The standard InChI is InChI=1S/C20H19N3O6S/c1-29-14-6-3-12-10-23(17(24)16(12)9-14)11-20(18(25)21-19(26)22-20)13-4-7-15(8-5-13)30(2,27)28/h3-10,24H,11H2,1-2H3,(H2,21,22,25,26)/t20-/m0/s1. The highest BCUT2D eigenvalue weighted by Crippen LogP contribution is 2.35. The lowest BCUT2D eigenvalue weighted by Crippen LogP contribution is -2.47. The number of fused-ring (bicyclic) bond motifs is 1. The molecule has 2 heterocycles. The number of nitrogens with one attached hydrogen (secondary N) is 2. The summed E-state index contributed by atoms with van der Waals surface area (Å²) in [5, 5.41) is 16.8. The van der Waals surface area contributed by atoms with Gasteiger partial charge in [0.05, 0.1) is 18.6 Å². The van der Waals surface area contributed by atoms with Crippen molar-refractivity contribution in [2.24, 2.45) is 0 Å². The van der Waals surface area contributed by atoms with Crippen molar-refractivity contribution in [3.8, 4) is 11.6 Å². The summed E-state index contributed by atoms with van der Waals surface area (Å²) in [4.78, 5) is 24.9. The number of methoxy groups -OCH3 is 1. The van der Waals surface area contributed by atoms with Crippen molar-refractivity contribution in [3.63, 3.8) is 0 Å². The van der Waals surface area contributed by atoms with Crippen LogP contribution in [0, 0.1) is 0 Å². The molecule has 0 radical (unpaired) electrons. The van der Waals surface area contributed by atoms with Crippen LogP contribution in [0.2, 0.25) is 0 Å². The van der Waals surface area contributed by atoms with Gasteiger partial charge in [0.25, 0.3) is 5.91 Å². The van der Waals surface area contributed by atoms with Gasteiger partial charge in [-0.2, -0.15) is 0 Å². The number of aromatic nitrogens is 1. The van der Waals surface area contributed by atoms with E-state index in [2.05, 4.69) is 10.6 Å². The molecule has 3 N–H and O–H groups in total. The molecule has 30 heavy (non-hydrogen) atoms. The maximum absolute atomic E-state index is 12.8. The van der Waals surface area contributed by atoms with Crippen LogP contribution < -0.4 is 15.4 Å². The minimum atomic E-state index is -3.42. The largest absolute Gasteiger partial charge is 0.497 e. The molecule has 1 aromatic heterocycles. The first-order valence-corrected chi connectivity index (χ1v) is 10.8. The molecule has 1 aliphatic rings. The lowest BCUT2D eigenvalue weighted by Gasteiger charge is -2.27. The van der Waals surface area contributed by atoms with Crippen molar-refractivity contribution in [3.05, 3.63) is 54.2 Å².